The Morgan fingerprint density at radius 3 is 1.75 bits per heavy atom. The molecule has 1 aromatic heterocycles. The Morgan fingerprint density at radius 2 is 0.964 bits per heavy atom. The number of fused-ring (bicyclic) bond motifs is 9. The van der Waals surface area contributed by atoms with Crippen LogP contribution < -0.4 is 4.90 Å². The molecule has 0 saturated carbocycles. The summed E-state index contributed by atoms with van der Waals surface area (Å²) in [5.41, 5.74) is 17.5. The van der Waals surface area contributed by atoms with Gasteiger partial charge in [-0.3, -0.25) is 0 Å². The van der Waals surface area contributed by atoms with Crippen molar-refractivity contribution >= 4 is 48.6 Å². The molecule has 262 valence electrons. The molecule has 55 heavy (non-hydrogen) atoms. The third-order valence-electron chi connectivity index (χ3n) is 12.6. The second kappa shape index (κ2) is 11.9. The summed E-state index contributed by atoms with van der Waals surface area (Å²) in [4.78, 5) is 2.51. The van der Waals surface area contributed by atoms with Crippen LogP contribution in [0.2, 0.25) is 0 Å². The van der Waals surface area contributed by atoms with Crippen LogP contribution >= 0.6 is 11.3 Å². The molecule has 2 aliphatic carbocycles. The van der Waals surface area contributed by atoms with E-state index in [0.717, 1.165) is 17.1 Å². The fraction of sp³-hybridized carbons (Fsp3) is 0.0943. The predicted molar refractivity (Wildman–Crippen MR) is 234 cm³/mol. The number of thiophene rings is 1. The van der Waals surface area contributed by atoms with Crippen molar-refractivity contribution in [1.82, 2.24) is 0 Å². The predicted octanol–water partition coefficient (Wildman–Crippen LogP) is 14.8. The first kappa shape index (κ1) is 32.2. The van der Waals surface area contributed by atoms with Crippen LogP contribution in [0.4, 0.5) is 17.1 Å². The molecule has 0 N–H and O–H groups in total. The lowest BCUT2D eigenvalue weighted by Gasteiger charge is -2.32. The Balaban J connectivity index is 1.16. The lowest BCUT2D eigenvalue weighted by molar-refractivity contribution is 0.660. The van der Waals surface area contributed by atoms with Crippen molar-refractivity contribution in [3.63, 3.8) is 0 Å². The normalized spacial score (nSPS) is 16.1. The molecule has 9 aromatic rings. The highest BCUT2D eigenvalue weighted by atomic mass is 32.1. The van der Waals surface area contributed by atoms with Gasteiger partial charge in [0.15, 0.2) is 0 Å². The van der Waals surface area contributed by atoms with Gasteiger partial charge in [0, 0.05) is 47.9 Å². The van der Waals surface area contributed by atoms with E-state index < -0.39 is 0 Å². The molecule has 0 spiro atoms. The number of para-hydroxylation sites is 1. The number of hydrogen-bond acceptors (Lipinski definition) is 2. The van der Waals surface area contributed by atoms with Gasteiger partial charge in [0.25, 0.3) is 0 Å². The summed E-state index contributed by atoms with van der Waals surface area (Å²) >= 11 is 1.87. The molecule has 0 amide bonds. The van der Waals surface area contributed by atoms with Gasteiger partial charge in [-0.05, 0) is 111 Å². The summed E-state index contributed by atoms with van der Waals surface area (Å²) < 4.78 is 2.64. The van der Waals surface area contributed by atoms with Crippen LogP contribution in [-0.4, -0.2) is 0 Å². The maximum absolute atomic E-state index is 2.51. The fourth-order valence-electron chi connectivity index (χ4n) is 9.77. The monoisotopic (exact) mass is 721 g/mol. The van der Waals surface area contributed by atoms with Crippen molar-refractivity contribution in [2.75, 3.05) is 4.90 Å². The topological polar surface area (TPSA) is 3.24 Å². The molecule has 0 bridgehead atoms. The minimum atomic E-state index is -0.305. The number of benzene rings is 8. The average molecular weight is 722 g/mol. The van der Waals surface area contributed by atoms with Crippen molar-refractivity contribution in [2.24, 2.45) is 0 Å². The van der Waals surface area contributed by atoms with E-state index in [4.69, 9.17) is 0 Å². The standard InChI is InChI=1S/C53H39NS/c1-52(2)45-21-11-7-18-39(45)41-28-26-36(32-47(41)52)54(49-23-13-9-17-38(49)34-25-30-51-44(31-34)43-20-10-14-24-50(43)55-51)37-27-29-42-40-19-8-12-22-46(40)53(3,48(42)33-37)35-15-5-4-6-16-35/h4-33H,1-3H3. The molecule has 1 atom stereocenters. The van der Waals surface area contributed by atoms with Gasteiger partial charge in [-0.25, -0.2) is 0 Å². The Labute approximate surface area is 326 Å². The van der Waals surface area contributed by atoms with Crippen LogP contribution in [0.1, 0.15) is 48.6 Å². The Kier molecular flexibility index (Phi) is 6.97. The van der Waals surface area contributed by atoms with Gasteiger partial charge in [0.2, 0.25) is 0 Å². The second-order valence-electron chi connectivity index (χ2n) is 15.8. The van der Waals surface area contributed by atoms with Gasteiger partial charge < -0.3 is 4.90 Å². The zero-order valence-electron chi connectivity index (χ0n) is 31.2. The number of anilines is 3. The summed E-state index contributed by atoms with van der Waals surface area (Å²) in [5, 5.41) is 2.63. The molecule has 0 saturated heterocycles. The van der Waals surface area contributed by atoms with Crippen LogP contribution in [0.15, 0.2) is 182 Å². The van der Waals surface area contributed by atoms with E-state index in [1.54, 1.807) is 0 Å². The lowest BCUT2D eigenvalue weighted by atomic mass is 9.74. The largest absolute Gasteiger partial charge is 0.310 e. The highest BCUT2D eigenvalue weighted by molar-refractivity contribution is 7.25. The molecule has 0 aliphatic heterocycles. The van der Waals surface area contributed by atoms with Crippen LogP contribution in [0.5, 0.6) is 0 Å². The Bertz CT molecular complexity index is 2990. The van der Waals surface area contributed by atoms with Crippen LogP contribution in [0.25, 0.3) is 53.6 Å². The van der Waals surface area contributed by atoms with Gasteiger partial charge in [0.1, 0.15) is 0 Å². The summed E-state index contributed by atoms with van der Waals surface area (Å²) in [6, 6.07) is 68.0. The molecular formula is C53H39NS. The van der Waals surface area contributed by atoms with E-state index in [0.29, 0.717) is 0 Å². The van der Waals surface area contributed by atoms with Gasteiger partial charge >= 0.3 is 0 Å². The third-order valence-corrected chi connectivity index (χ3v) is 13.7. The molecule has 8 aromatic carbocycles. The van der Waals surface area contributed by atoms with Crippen LogP contribution in [0, 0.1) is 0 Å². The zero-order chi connectivity index (χ0) is 36.9. The van der Waals surface area contributed by atoms with E-state index in [1.807, 2.05) is 11.3 Å². The van der Waals surface area contributed by atoms with E-state index in [2.05, 4.69) is 208 Å². The Morgan fingerprint density at radius 1 is 0.400 bits per heavy atom. The highest BCUT2D eigenvalue weighted by Crippen LogP contribution is 2.55. The minimum absolute atomic E-state index is 0.121. The first-order chi connectivity index (χ1) is 26.9. The quantitative estimate of drug-likeness (QED) is 0.171. The maximum atomic E-state index is 2.51. The van der Waals surface area contributed by atoms with Gasteiger partial charge in [0.05, 0.1) is 5.69 Å². The van der Waals surface area contributed by atoms with E-state index in [9.17, 15) is 0 Å². The molecule has 1 nitrogen and oxygen atoms in total. The van der Waals surface area contributed by atoms with Crippen molar-refractivity contribution in [1.29, 1.82) is 0 Å². The van der Waals surface area contributed by atoms with Crippen molar-refractivity contribution in [3.05, 3.63) is 210 Å². The summed E-state index contributed by atoms with van der Waals surface area (Å²) in [7, 11) is 0. The van der Waals surface area contributed by atoms with Crippen LogP contribution in [-0.2, 0) is 10.8 Å². The van der Waals surface area contributed by atoms with Crippen molar-refractivity contribution < 1.29 is 0 Å². The smallest absolute Gasteiger partial charge is 0.0540 e. The van der Waals surface area contributed by atoms with Crippen LogP contribution in [0.3, 0.4) is 0 Å². The lowest BCUT2D eigenvalue weighted by Crippen LogP contribution is -2.23. The molecule has 1 unspecified atom stereocenters. The minimum Gasteiger partial charge on any atom is -0.310 e. The van der Waals surface area contributed by atoms with E-state index in [1.165, 1.54) is 81.4 Å². The molecule has 11 rings (SSSR count). The SMILES string of the molecule is CC1(C)c2ccccc2-c2ccc(N(c3ccc4c(c3)C(C)(c3ccccc3)c3ccccc3-4)c3ccccc3-c3ccc4sc5ccccc5c4c3)cc21. The van der Waals surface area contributed by atoms with E-state index >= 15 is 0 Å². The van der Waals surface area contributed by atoms with Gasteiger partial charge in [-0.1, -0.05) is 147 Å². The molecule has 1 heterocycles. The number of nitrogens with zero attached hydrogens (tertiary/aromatic N) is 1. The van der Waals surface area contributed by atoms with Crippen molar-refractivity contribution in [2.45, 2.75) is 31.6 Å². The molecule has 0 fully saturated rings. The van der Waals surface area contributed by atoms with Crippen molar-refractivity contribution in [3.8, 4) is 33.4 Å². The van der Waals surface area contributed by atoms with Gasteiger partial charge in [-0.2, -0.15) is 0 Å². The summed E-state index contributed by atoms with van der Waals surface area (Å²) in [6.45, 7) is 7.15. The first-order valence-corrected chi connectivity index (χ1v) is 20.1. The fourth-order valence-corrected chi connectivity index (χ4v) is 10.9. The Hall–Kier alpha value is -6.22. The zero-order valence-corrected chi connectivity index (χ0v) is 32.0. The molecule has 2 heteroatoms. The van der Waals surface area contributed by atoms with Gasteiger partial charge in [-0.15, -0.1) is 11.3 Å². The first-order valence-electron chi connectivity index (χ1n) is 19.3. The summed E-state index contributed by atoms with van der Waals surface area (Å²) in [5.74, 6) is 0. The third kappa shape index (κ3) is 4.65. The second-order valence-corrected chi connectivity index (χ2v) is 16.9. The number of hydrogen-bond donors (Lipinski definition) is 0. The maximum Gasteiger partial charge on any atom is 0.0540 e. The molecule has 0 radical (unpaired) electrons. The average Bonchev–Trinajstić information content (AvgIpc) is 3.82. The number of rotatable bonds is 5. The summed E-state index contributed by atoms with van der Waals surface area (Å²) in [6.07, 6.45) is 0. The molecular weight excluding hydrogens is 683 g/mol. The molecule has 2 aliphatic rings. The van der Waals surface area contributed by atoms with E-state index in [-0.39, 0.29) is 10.8 Å². The highest BCUT2D eigenvalue weighted by Gasteiger charge is 2.41.